The molecular weight excluding hydrogens is 402 g/mol. The van der Waals surface area contributed by atoms with Gasteiger partial charge in [-0.2, -0.15) is 0 Å². The van der Waals surface area contributed by atoms with E-state index in [9.17, 15) is 15.2 Å². The van der Waals surface area contributed by atoms with Crippen molar-refractivity contribution >= 4 is 5.71 Å². The molecule has 162 valence electrons. The van der Waals surface area contributed by atoms with Gasteiger partial charge in [-0.1, -0.05) is 17.3 Å². The van der Waals surface area contributed by atoms with Gasteiger partial charge in [0.25, 0.3) is 5.09 Å². The zero-order valence-electron chi connectivity index (χ0n) is 15.8. The highest BCUT2D eigenvalue weighted by Gasteiger charge is 2.48. The van der Waals surface area contributed by atoms with Crippen molar-refractivity contribution in [1.29, 1.82) is 0 Å². The Morgan fingerprint density at radius 2 is 2.17 bits per heavy atom. The Morgan fingerprint density at radius 1 is 1.33 bits per heavy atom. The number of fused-ring (bicyclic) bond motifs is 2. The lowest BCUT2D eigenvalue weighted by atomic mass is 10.1. The van der Waals surface area contributed by atoms with Crippen molar-refractivity contribution in [2.75, 3.05) is 32.9 Å². The molecule has 2 N–H and O–H groups in total. The first-order valence-electron chi connectivity index (χ1n) is 9.34. The average Bonchev–Trinajstić information content (AvgIpc) is 3.31. The van der Waals surface area contributed by atoms with Crippen LogP contribution in [0.2, 0.25) is 0 Å². The largest absolute Gasteiger partial charge is 0.457 e. The van der Waals surface area contributed by atoms with E-state index in [2.05, 4.69) is 15.3 Å². The fraction of sp³-hybridized carbons (Fsp3) is 0.500. The Kier molecular flexibility index (Phi) is 6.28. The van der Waals surface area contributed by atoms with E-state index in [0.29, 0.717) is 29.5 Å². The summed E-state index contributed by atoms with van der Waals surface area (Å²) in [5.74, 6) is 1.86. The van der Waals surface area contributed by atoms with Crippen LogP contribution in [-0.4, -0.2) is 73.2 Å². The van der Waals surface area contributed by atoms with Gasteiger partial charge in [0.15, 0.2) is 23.4 Å². The topological polar surface area (TPSA) is 143 Å². The first kappa shape index (κ1) is 20.3. The number of rotatable bonds is 9. The van der Waals surface area contributed by atoms with E-state index in [0.717, 1.165) is 0 Å². The smallest absolute Gasteiger partial charge is 0.294 e. The lowest BCUT2D eigenvalue weighted by molar-refractivity contribution is -0.769. The van der Waals surface area contributed by atoms with Crippen molar-refractivity contribution in [3.8, 4) is 11.5 Å². The Bertz CT molecular complexity index is 831. The Labute approximate surface area is 171 Å². The van der Waals surface area contributed by atoms with Crippen LogP contribution in [-0.2, 0) is 19.1 Å². The Morgan fingerprint density at radius 3 is 3.00 bits per heavy atom. The second kappa shape index (κ2) is 9.26. The van der Waals surface area contributed by atoms with E-state index >= 15 is 0 Å². The second-order valence-electron chi connectivity index (χ2n) is 6.81. The summed E-state index contributed by atoms with van der Waals surface area (Å²) < 4.78 is 22.1. The van der Waals surface area contributed by atoms with Crippen molar-refractivity contribution in [1.82, 2.24) is 5.32 Å². The van der Waals surface area contributed by atoms with Crippen LogP contribution in [0.15, 0.2) is 41.4 Å². The number of nitrogens with zero attached hydrogens (tertiary/aromatic N) is 2. The quantitative estimate of drug-likeness (QED) is 0.411. The molecule has 2 fully saturated rings. The summed E-state index contributed by atoms with van der Waals surface area (Å²) in [6, 6.07) is 7.32. The molecule has 3 heterocycles. The Balaban J connectivity index is 1.15. The summed E-state index contributed by atoms with van der Waals surface area (Å²) in [6.45, 7) is 0.707. The average molecular weight is 423 g/mol. The predicted octanol–water partition coefficient (Wildman–Crippen LogP) is -0.00320. The van der Waals surface area contributed by atoms with Crippen LogP contribution in [0.25, 0.3) is 0 Å². The van der Waals surface area contributed by atoms with Crippen LogP contribution in [0.3, 0.4) is 0 Å². The molecule has 0 aromatic heterocycles. The molecule has 0 spiro atoms. The van der Waals surface area contributed by atoms with Gasteiger partial charge in [0.1, 0.15) is 36.9 Å². The monoisotopic (exact) mass is 423 g/mol. The summed E-state index contributed by atoms with van der Waals surface area (Å²) in [5, 5.41) is 26.6. The fourth-order valence-corrected chi connectivity index (χ4v) is 3.24. The Hall–Kier alpha value is -2.93. The van der Waals surface area contributed by atoms with Crippen molar-refractivity contribution in [2.45, 2.75) is 24.4 Å². The molecule has 0 saturated carbocycles. The number of para-hydroxylation sites is 2. The van der Waals surface area contributed by atoms with Gasteiger partial charge < -0.3 is 39.0 Å². The molecule has 4 unspecified atom stereocenters. The number of oxime groups is 1. The van der Waals surface area contributed by atoms with E-state index in [4.69, 9.17) is 23.8 Å². The van der Waals surface area contributed by atoms with E-state index in [1.165, 1.54) is 6.26 Å². The third-order valence-corrected chi connectivity index (χ3v) is 4.61. The molecule has 1 aromatic rings. The first-order valence-corrected chi connectivity index (χ1v) is 9.34. The molecule has 4 atom stereocenters. The van der Waals surface area contributed by atoms with Gasteiger partial charge in [-0.15, -0.1) is 10.1 Å². The number of hydrogen-bond donors (Lipinski definition) is 2. The molecule has 3 aliphatic rings. The maximum Gasteiger partial charge on any atom is 0.294 e. The van der Waals surface area contributed by atoms with Gasteiger partial charge in [-0.05, 0) is 12.1 Å². The molecule has 12 heteroatoms. The lowest BCUT2D eigenvalue weighted by Crippen LogP contribution is -2.33. The molecular formula is C18H21N3O9. The fourth-order valence-electron chi connectivity index (χ4n) is 3.24. The summed E-state index contributed by atoms with van der Waals surface area (Å²) in [7, 11) is 0. The minimum absolute atomic E-state index is 0.0357. The number of aliphatic hydroxyl groups excluding tert-OH is 1. The molecule has 3 aliphatic heterocycles. The molecule has 1 aromatic carbocycles. The molecule has 30 heavy (non-hydrogen) atoms. The first-order chi connectivity index (χ1) is 14.6. The summed E-state index contributed by atoms with van der Waals surface area (Å²) in [4.78, 5) is 20.2. The normalized spacial score (nSPS) is 26.8. The summed E-state index contributed by atoms with van der Waals surface area (Å²) >= 11 is 0. The van der Waals surface area contributed by atoms with E-state index < -0.39 is 29.5 Å². The number of aliphatic hydroxyl groups is 1. The summed E-state index contributed by atoms with van der Waals surface area (Å²) in [6.07, 6.45) is -1.25. The van der Waals surface area contributed by atoms with Crippen LogP contribution >= 0.6 is 0 Å². The number of hydrogen-bond acceptors (Lipinski definition) is 11. The highest BCUT2D eigenvalue weighted by molar-refractivity contribution is 5.92. The molecule has 0 aliphatic carbocycles. The van der Waals surface area contributed by atoms with Crippen LogP contribution in [0.1, 0.15) is 0 Å². The lowest BCUT2D eigenvalue weighted by Gasteiger charge is -2.18. The van der Waals surface area contributed by atoms with Gasteiger partial charge in [0.2, 0.25) is 0 Å². The van der Waals surface area contributed by atoms with Gasteiger partial charge in [0.05, 0.1) is 19.8 Å². The molecule has 4 rings (SSSR count). The van der Waals surface area contributed by atoms with Crippen molar-refractivity contribution in [3.63, 3.8) is 0 Å². The van der Waals surface area contributed by atoms with E-state index in [-0.39, 0.29) is 26.4 Å². The van der Waals surface area contributed by atoms with Crippen LogP contribution in [0, 0.1) is 10.1 Å². The molecule has 12 nitrogen and oxygen atoms in total. The zero-order valence-corrected chi connectivity index (χ0v) is 15.8. The molecule has 0 bridgehead atoms. The van der Waals surface area contributed by atoms with Gasteiger partial charge >= 0.3 is 0 Å². The standard InChI is InChI=1S/C18H21N3O9/c22-11(5-19-6-12-8-25-14-3-1-2-4-15(14)29-12)7-28-20-13-9-26-18-16(30-21(23)24)10-27-17(13)18/h1-4,8,11,16-19,22H,5-7,9-10H2. The highest BCUT2D eigenvalue weighted by atomic mass is 17.0. The third-order valence-electron chi connectivity index (χ3n) is 4.61. The zero-order chi connectivity index (χ0) is 20.9. The highest BCUT2D eigenvalue weighted by Crippen LogP contribution is 2.31. The minimum atomic E-state index is -0.867. The van der Waals surface area contributed by atoms with Gasteiger partial charge in [0, 0.05) is 6.54 Å². The number of nitrogens with one attached hydrogen (secondary N) is 1. The molecule has 0 amide bonds. The number of benzene rings is 1. The predicted molar refractivity (Wildman–Crippen MR) is 99.4 cm³/mol. The minimum Gasteiger partial charge on any atom is -0.457 e. The van der Waals surface area contributed by atoms with Crippen molar-refractivity contribution in [3.05, 3.63) is 46.4 Å². The van der Waals surface area contributed by atoms with Gasteiger partial charge in [-0.25, -0.2) is 0 Å². The van der Waals surface area contributed by atoms with Crippen LogP contribution in [0.4, 0.5) is 0 Å². The summed E-state index contributed by atoms with van der Waals surface area (Å²) in [5.41, 5.74) is 0.464. The van der Waals surface area contributed by atoms with Crippen LogP contribution < -0.4 is 14.8 Å². The molecule has 2 saturated heterocycles. The SMILES string of the molecule is O=[N+]([O-])OC1COC2C(=NOCC(O)CNCC3=COc4ccccc4O3)COC12. The van der Waals surface area contributed by atoms with Crippen LogP contribution in [0.5, 0.6) is 11.5 Å². The second-order valence-corrected chi connectivity index (χ2v) is 6.81. The van der Waals surface area contributed by atoms with E-state index in [1.54, 1.807) is 6.07 Å². The third kappa shape index (κ3) is 4.79. The van der Waals surface area contributed by atoms with Gasteiger partial charge in [-0.3, -0.25) is 0 Å². The maximum atomic E-state index is 10.5. The number of ether oxygens (including phenoxy) is 4. The maximum absolute atomic E-state index is 10.5. The molecule has 0 radical (unpaired) electrons. The van der Waals surface area contributed by atoms with Crippen molar-refractivity contribution in [2.24, 2.45) is 5.16 Å². The van der Waals surface area contributed by atoms with E-state index in [1.807, 2.05) is 18.2 Å². The van der Waals surface area contributed by atoms with Crippen molar-refractivity contribution < 1.29 is 38.8 Å².